The molecule has 0 saturated heterocycles. The summed E-state index contributed by atoms with van der Waals surface area (Å²) in [4.78, 5) is 15.7. The van der Waals surface area contributed by atoms with Crippen molar-refractivity contribution in [2.45, 2.75) is 20.4 Å². The number of hydrogen-bond acceptors (Lipinski definition) is 4. The fourth-order valence-corrected chi connectivity index (χ4v) is 1.51. The van der Waals surface area contributed by atoms with Crippen molar-refractivity contribution >= 4 is 5.97 Å². The molecule has 17 heavy (non-hydrogen) atoms. The standard InChI is InChI=1S/C11H14N4O2/c1-3-14-6-5-12-11(14)15-8-9(7-13-15)10(16)17-4-2/h5-8H,3-4H2,1-2H3. The Morgan fingerprint density at radius 2 is 2.29 bits per heavy atom. The van der Waals surface area contributed by atoms with Crippen LogP contribution in [0.25, 0.3) is 5.95 Å². The van der Waals surface area contributed by atoms with Gasteiger partial charge in [-0.15, -0.1) is 0 Å². The number of esters is 1. The number of imidazole rings is 1. The first-order chi connectivity index (χ1) is 8.26. The van der Waals surface area contributed by atoms with Crippen LogP contribution in [-0.2, 0) is 11.3 Å². The van der Waals surface area contributed by atoms with E-state index in [0.717, 1.165) is 6.54 Å². The van der Waals surface area contributed by atoms with Crippen LogP contribution < -0.4 is 0 Å². The highest BCUT2D eigenvalue weighted by atomic mass is 16.5. The first kappa shape index (κ1) is 11.4. The molecule has 0 aromatic carbocycles. The van der Waals surface area contributed by atoms with Crippen LogP contribution in [0.1, 0.15) is 24.2 Å². The Bertz CT molecular complexity index is 515. The molecule has 0 aliphatic rings. The quantitative estimate of drug-likeness (QED) is 0.747. The lowest BCUT2D eigenvalue weighted by atomic mass is 10.4. The van der Waals surface area contributed by atoms with Gasteiger partial charge in [-0.3, -0.25) is 0 Å². The van der Waals surface area contributed by atoms with Gasteiger partial charge in [-0.05, 0) is 13.8 Å². The molecule has 2 aromatic heterocycles. The normalized spacial score (nSPS) is 10.5. The van der Waals surface area contributed by atoms with E-state index >= 15 is 0 Å². The molecule has 6 heteroatoms. The summed E-state index contributed by atoms with van der Waals surface area (Å²) < 4.78 is 8.39. The minimum absolute atomic E-state index is 0.355. The van der Waals surface area contributed by atoms with Crippen LogP contribution in [0.5, 0.6) is 0 Å². The maximum absolute atomic E-state index is 11.5. The van der Waals surface area contributed by atoms with Crippen LogP contribution in [0.15, 0.2) is 24.8 Å². The molecule has 0 bridgehead atoms. The highest BCUT2D eigenvalue weighted by molar-refractivity contribution is 5.88. The number of ether oxygens (including phenoxy) is 1. The molecule has 0 radical (unpaired) electrons. The second-order valence-electron chi connectivity index (χ2n) is 3.41. The summed E-state index contributed by atoms with van der Waals surface area (Å²) in [6.45, 7) is 4.94. The average molecular weight is 234 g/mol. The Hall–Kier alpha value is -2.11. The summed E-state index contributed by atoms with van der Waals surface area (Å²) >= 11 is 0. The van der Waals surface area contributed by atoms with Crippen molar-refractivity contribution in [3.63, 3.8) is 0 Å². The molecule has 0 amide bonds. The smallest absolute Gasteiger partial charge is 0.341 e. The first-order valence-corrected chi connectivity index (χ1v) is 5.49. The van der Waals surface area contributed by atoms with Crippen molar-refractivity contribution in [2.24, 2.45) is 0 Å². The van der Waals surface area contributed by atoms with Crippen molar-refractivity contribution in [3.05, 3.63) is 30.4 Å². The van der Waals surface area contributed by atoms with Crippen molar-refractivity contribution in [1.82, 2.24) is 19.3 Å². The monoisotopic (exact) mass is 234 g/mol. The molecule has 0 atom stereocenters. The summed E-state index contributed by atoms with van der Waals surface area (Å²) in [6, 6.07) is 0. The Morgan fingerprint density at radius 3 is 3.00 bits per heavy atom. The molecular formula is C11H14N4O2. The maximum atomic E-state index is 11.5. The topological polar surface area (TPSA) is 61.9 Å². The number of rotatable bonds is 4. The van der Waals surface area contributed by atoms with Gasteiger partial charge in [0.1, 0.15) is 0 Å². The zero-order valence-corrected chi connectivity index (χ0v) is 9.83. The number of aryl methyl sites for hydroxylation is 1. The van der Waals surface area contributed by atoms with E-state index in [1.165, 1.54) is 6.20 Å². The molecule has 2 aromatic rings. The minimum Gasteiger partial charge on any atom is -0.462 e. The number of carbonyl (C=O) groups is 1. The van der Waals surface area contributed by atoms with Crippen LogP contribution in [0.3, 0.4) is 0 Å². The first-order valence-electron chi connectivity index (χ1n) is 5.49. The average Bonchev–Trinajstić information content (AvgIpc) is 2.97. The lowest BCUT2D eigenvalue weighted by molar-refractivity contribution is 0.0526. The number of carbonyl (C=O) groups excluding carboxylic acids is 1. The van der Waals surface area contributed by atoms with Gasteiger partial charge in [-0.25, -0.2) is 14.5 Å². The van der Waals surface area contributed by atoms with E-state index in [9.17, 15) is 4.79 Å². The Balaban J connectivity index is 2.27. The van der Waals surface area contributed by atoms with Gasteiger partial charge in [-0.1, -0.05) is 0 Å². The molecule has 0 spiro atoms. The SMILES string of the molecule is CCOC(=O)c1cnn(-c2nccn2CC)c1. The van der Waals surface area contributed by atoms with Gasteiger partial charge in [0.2, 0.25) is 5.95 Å². The molecule has 0 unspecified atom stereocenters. The van der Waals surface area contributed by atoms with Gasteiger partial charge in [0.05, 0.1) is 18.4 Å². The third-order valence-electron chi connectivity index (χ3n) is 2.33. The second kappa shape index (κ2) is 4.82. The van der Waals surface area contributed by atoms with Gasteiger partial charge >= 0.3 is 5.97 Å². The minimum atomic E-state index is -0.367. The zero-order chi connectivity index (χ0) is 12.3. The zero-order valence-electron chi connectivity index (χ0n) is 9.83. The lowest BCUT2D eigenvalue weighted by Crippen LogP contribution is -2.06. The molecule has 0 fully saturated rings. The van der Waals surface area contributed by atoms with Gasteiger partial charge in [0.15, 0.2) is 0 Å². The molecule has 0 saturated carbocycles. The number of hydrogen-bond donors (Lipinski definition) is 0. The van der Waals surface area contributed by atoms with E-state index < -0.39 is 0 Å². The van der Waals surface area contributed by atoms with Crippen molar-refractivity contribution < 1.29 is 9.53 Å². The molecule has 0 aliphatic carbocycles. The fraction of sp³-hybridized carbons (Fsp3) is 0.364. The van der Waals surface area contributed by atoms with Crippen LogP contribution in [0.4, 0.5) is 0 Å². The van der Waals surface area contributed by atoms with E-state index in [4.69, 9.17) is 4.74 Å². The molecule has 90 valence electrons. The van der Waals surface area contributed by atoms with Crippen molar-refractivity contribution in [3.8, 4) is 5.95 Å². The highest BCUT2D eigenvalue weighted by Crippen LogP contribution is 2.07. The predicted molar refractivity (Wildman–Crippen MR) is 61.0 cm³/mol. The summed E-state index contributed by atoms with van der Waals surface area (Å²) in [7, 11) is 0. The van der Waals surface area contributed by atoms with E-state index in [0.29, 0.717) is 18.1 Å². The third-order valence-corrected chi connectivity index (χ3v) is 2.33. The Kier molecular flexibility index (Phi) is 3.22. The molecule has 0 N–H and O–H groups in total. The third kappa shape index (κ3) is 2.20. The summed E-state index contributed by atoms with van der Waals surface area (Å²) in [5, 5.41) is 4.10. The van der Waals surface area contributed by atoms with Crippen molar-refractivity contribution in [1.29, 1.82) is 0 Å². The van der Waals surface area contributed by atoms with Gasteiger partial charge in [-0.2, -0.15) is 5.10 Å². The molecule has 2 heterocycles. The molecule has 6 nitrogen and oxygen atoms in total. The number of aromatic nitrogens is 4. The molecule has 0 aliphatic heterocycles. The summed E-state index contributed by atoms with van der Waals surface area (Å²) in [5.74, 6) is 0.316. The van der Waals surface area contributed by atoms with Crippen LogP contribution in [0, 0.1) is 0 Å². The van der Waals surface area contributed by atoms with Gasteiger partial charge < -0.3 is 9.30 Å². The Morgan fingerprint density at radius 1 is 1.47 bits per heavy atom. The van der Waals surface area contributed by atoms with Gasteiger partial charge in [0, 0.05) is 25.1 Å². The maximum Gasteiger partial charge on any atom is 0.341 e. The number of nitrogens with zero attached hydrogens (tertiary/aromatic N) is 4. The molecule has 2 rings (SSSR count). The Labute approximate surface area is 98.8 Å². The highest BCUT2D eigenvalue weighted by Gasteiger charge is 2.12. The second-order valence-corrected chi connectivity index (χ2v) is 3.41. The van der Waals surface area contributed by atoms with Crippen LogP contribution >= 0.6 is 0 Å². The van der Waals surface area contributed by atoms with E-state index in [2.05, 4.69) is 10.1 Å². The van der Waals surface area contributed by atoms with Crippen LogP contribution in [-0.4, -0.2) is 31.9 Å². The summed E-state index contributed by atoms with van der Waals surface area (Å²) in [6.07, 6.45) is 6.66. The van der Waals surface area contributed by atoms with Crippen LogP contribution in [0.2, 0.25) is 0 Å². The predicted octanol–water partition coefficient (Wildman–Crippen LogP) is 1.27. The fourth-order valence-electron chi connectivity index (χ4n) is 1.51. The summed E-state index contributed by atoms with van der Waals surface area (Å²) in [5.41, 5.74) is 0.428. The molecular weight excluding hydrogens is 220 g/mol. The van der Waals surface area contributed by atoms with E-state index in [1.807, 2.05) is 17.7 Å². The van der Waals surface area contributed by atoms with Crippen molar-refractivity contribution in [2.75, 3.05) is 6.61 Å². The van der Waals surface area contributed by atoms with E-state index in [1.54, 1.807) is 24.0 Å². The van der Waals surface area contributed by atoms with E-state index in [-0.39, 0.29) is 5.97 Å². The largest absolute Gasteiger partial charge is 0.462 e. The van der Waals surface area contributed by atoms with Gasteiger partial charge in [0.25, 0.3) is 0 Å². The lowest BCUT2D eigenvalue weighted by Gasteiger charge is -2.03.